The Balaban J connectivity index is 1.79. The van der Waals surface area contributed by atoms with Gasteiger partial charge in [-0.15, -0.1) is 0 Å². The lowest BCUT2D eigenvalue weighted by molar-refractivity contribution is 0.0349. The van der Waals surface area contributed by atoms with E-state index in [0.29, 0.717) is 11.9 Å². The number of nitrogens with one attached hydrogen (secondary N) is 2. The van der Waals surface area contributed by atoms with Gasteiger partial charge in [0.15, 0.2) is 0 Å². The summed E-state index contributed by atoms with van der Waals surface area (Å²) in [5, 5.41) is 13.3. The molecular formula is C19H20FN3O2. The number of aliphatic hydroxyl groups is 1. The summed E-state index contributed by atoms with van der Waals surface area (Å²) < 4.78 is 13.1. The van der Waals surface area contributed by atoms with Gasteiger partial charge in [-0.05, 0) is 56.2 Å². The minimum Gasteiger partial charge on any atom is -0.388 e. The van der Waals surface area contributed by atoms with E-state index >= 15 is 0 Å². The topological polar surface area (TPSA) is 78.0 Å². The molecule has 1 amide bonds. The molecule has 0 radical (unpaired) electrons. The zero-order chi connectivity index (χ0) is 18.0. The maximum atomic E-state index is 13.1. The second-order valence-corrected chi connectivity index (χ2v) is 6.62. The quantitative estimate of drug-likeness (QED) is 0.668. The molecule has 130 valence electrons. The molecule has 2 heterocycles. The lowest BCUT2D eigenvalue weighted by atomic mass is 9.92. The number of rotatable bonds is 5. The minimum atomic E-state index is -1.15. The molecule has 25 heavy (non-hydrogen) atoms. The van der Waals surface area contributed by atoms with Crippen LogP contribution in [0.2, 0.25) is 0 Å². The first-order valence-corrected chi connectivity index (χ1v) is 8.05. The number of hydrogen-bond donors (Lipinski definition) is 3. The molecule has 3 N–H and O–H groups in total. The largest absolute Gasteiger partial charge is 0.388 e. The molecule has 1 atom stereocenters. The van der Waals surface area contributed by atoms with Crippen LogP contribution in [0, 0.1) is 5.82 Å². The summed E-state index contributed by atoms with van der Waals surface area (Å²) >= 11 is 0. The van der Waals surface area contributed by atoms with Crippen molar-refractivity contribution in [3.05, 3.63) is 65.7 Å². The van der Waals surface area contributed by atoms with Crippen molar-refractivity contribution in [1.82, 2.24) is 15.3 Å². The number of amides is 1. The number of benzene rings is 1. The molecule has 0 saturated heterocycles. The van der Waals surface area contributed by atoms with Crippen molar-refractivity contribution in [3.8, 4) is 0 Å². The maximum Gasteiger partial charge on any atom is 0.270 e. The van der Waals surface area contributed by atoms with Crippen LogP contribution in [0.1, 0.15) is 29.9 Å². The highest BCUT2D eigenvalue weighted by molar-refractivity contribution is 5.94. The van der Waals surface area contributed by atoms with Crippen molar-refractivity contribution in [2.24, 2.45) is 0 Å². The van der Waals surface area contributed by atoms with Crippen molar-refractivity contribution < 1.29 is 14.3 Å². The molecule has 0 aliphatic heterocycles. The zero-order valence-electron chi connectivity index (χ0n) is 14.1. The molecule has 0 aliphatic rings. The summed E-state index contributed by atoms with van der Waals surface area (Å²) in [6.07, 6.45) is 2.13. The predicted octanol–water partition coefficient (Wildman–Crippen LogP) is 2.81. The van der Waals surface area contributed by atoms with Gasteiger partial charge in [-0.2, -0.15) is 0 Å². The molecule has 3 aromatic rings. The third-order valence-corrected chi connectivity index (χ3v) is 4.15. The van der Waals surface area contributed by atoms with E-state index in [2.05, 4.69) is 15.3 Å². The summed E-state index contributed by atoms with van der Waals surface area (Å²) in [7, 11) is 0. The van der Waals surface area contributed by atoms with E-state index in [0.717, 1.165) is 11.1 Å². The second-order valence-electron chi connectivity index (χ2n) is 6.62. The Morgan fingerprint density at radius 3 is 2.64 bits per heavy atom. The van der Waals surface area contributed by atoms with Crippen molar-refractivity contribution in [2.75, 3.05) is 0 Å². The lowest BCUT2D eigenvalue weighted by Crippen LogP contribution is -2.50. The Labute approximate surface area is 144 Å². The Morgan fingerprint density at radius 1 is 1.24 bits per heavy atom. The van der Waals surface area contributed by atoms with Crippen LogP contribution in [-0.2, 0) is 6.42 Å². The van der Waals surface area contributed by atoms with E-state index < -0.39 is 11.6 Å². The second kappa shape index (κ2) is 6.64. The number of carbonyl (C=O) groups excluding carboxylic acids is 1. The number of H-pyrrole nitrogens is 1. The van der Waals surface area contributed by atoms with Gasteiger partial charge >= 0.3 is 0 Å². The summed E-state index contributed by atoms with van der Waals surface area (Å²) in [4.78, 5) is 19.9. The van der Waals surface area contributed by atoms with Crippen molar-refractivity contribution in [2.45, 2.75) is 31.9 Å². The number of carbonyl (C=O) groups is 1. The molecule has 0 spiro atoms. The van der Waals surface area contributed by atoms with Crippen LogP contribution in [0.5, 0.6) is 0 Å². The highest BCUT2D eigenvalue weighted by Gasteiger charge is 2.29. The van der Waals surface area contributed by atoms with E-state index in [9.17, 15) is 14.3 Å². The fourth-order valence-electron chi connectivity index (χ4n) is 2.63. The van der Waals surface area contributed by atoms with Crippen LogP contribution in [0.4, 0.5) is 4.39 Å². The molecule has 3 rings (SSSR count). The van der Waals surface area contributed by atoms with Gasteiger partial charge in [0.25, 0.3) is 5.91 Å². The van der Waals surface area contributed by atoms with Crippen LogP contribution in [-0.4, -0.2) is 32.6 Å². The monoisotopic (exact) mass is 341 g/mol. The Kier molecular flexibility index (Phi) is 4.55. The van der Waals surface area contributed by atoms with E-state index in [1.54, 1.807) is 50.4 Å². The smallest absolute Gasteiger partial charge is 0.270 e. The third kappa shape index (κ3) is 4.03. The van der Waals surface area contributed by atoms with E-state index in [4.69, 9.17) is 0 Å². The van der Waals surface area contributed by atoms with Gasteiger partial charge in [-0.1, -0.05) is 12.1 Å². The lowest BCUT2D eigenvalue weighted by Gasteiger charge is -2.30. The summed E-state index contributed by atoms with van der Waals surface area (Å²) in [5.41, 5.74) is 1.50. The summed E-state index contributed by atoms with van der Waals surface area (Å²) in [6.45, 7) is 3.26. The van der Waals surface area contributed by atoms with Crippen LogP contribution >= 0.6 is 0 Å². The predicted molar refractivity (Wildman–Crippen MR) is 93.7 cm³/mol. The molecule has 6 heteroatoms. The van der Waals surface area contributed by atoms with Crippen LogP contribution < -0.4 is 5.32 Å². The first kappa shape index (κ1) is 17.1. The molecule has 0 saturated carbocycles. The van der Waals surface area contributed by atoms with Crippen molar-refractivity contribution in [3.63, 3.8) is 0 Å². The Hall–Kier alpha value is -2.73. The molecule has 5 nitrogen and oxygen atoms in total. The summed E-state index contributed by atoms with van der Waals surface area (Å²) in [5.74, 6) is -0.686. The van der Waals surface area contributed by atoms with Crippen LogP contribution in [0.25, 0.3) is 11.0 Å². The zero-order valence-corrected chi connectivity index (χ0v) is 14.1. The first-order chi connectivity index (χ1) is 11.8. The van der Waals surface area contributed by atoms with Gasteiger partial charge in [0.05, 0.1) is 22.7 Å². The standard InChI is InChI=1S/C19H20FN3O2/c1-19(2,25)17(11-12-3-5-13(20)6-4-12)23-18(24)16-8-7-14-15(22-16)9-10-21-14/h3-10,17,21,25H,11H2,1-2H3,(H,23,24). The molecule has 0 aliphatic carbocycles. The van der Waals surface area contributed by atoms with E-state index in [1.807, 2.05) is 0 Å². The van der Waals surface area contributed by atoms with Gasteiger partial charge in [0.1, 0.15) is 11.5 Å². The molecule has 2 aromatic heterocycles. The Bertz CT molecular complexity index is 882. The molecule has 1 unspecified atom stereocenters. The van der Waals surface area contributed by atoms with Gasteiger partial charge in [-0.25, -0.2) is 9.37 Å². The number of pyridine rings is 1. The highest BCUT2D eigenvalue weighted by Crippen LogP contribution is 2.16. The summed E-state index contributed by atoms with van der Waals surface area (Å²) in [6, 6.07) is 10.7. The van der Waals surface area contributed by atoms with Crippen molar-refractivity contribution >= 4 is 16.9 Å². The van der Waals surface area contributed by atoms with Gasteiger partial charge in [-0.3, -0.25) is 4.79 Å². The van der Waals surface area contributed by atoms with Crippen molar-refractivity contribution in [1.29, 1.82) is 0 Å². The van der Waals surface area contributed by atoms with Crippen LogP contribution in [0.15, 0.2) is 48.7 Å². The first-order valence-electron chi connectivity index (χ1n) is 8.05. The average Bonchev–Trinajstić information content (AvgIpc) is 3.02. The number of nitrogens with zero attached hydrogens (tertiary/aromatic N) is 1. The highest BCUT2D eigenvalue weighted by atomic mass is 19.1. The van der Waals surface area contributed by atoms with E-state index in [1.165, 1.54) is 12.1 Å². The molecule has 0 bridgehead atoms. The number of aromatic amines is 1. The maximum absolute atomic E-state index is 13.1. The normalized spacial score (nSPS) is 13.0. The number of aromatic nitrogens is 2. The molecule has 0 fully saturated rings. The van der Waals surface area contributed by atoms with E-state index in [-0.39, 0.29) is 17.4 Å². The number of hydrogen-bond acceptors (Lipinski definition) is 3. The van der Waals surface area contributed by atoms with Gasteiger partial charge in [0, 0.05) is 6.20 Å². The number of halogens is 1. The molecule has 1 aromatic carbocycles. The number of fused-ring (bicyclic) bond motifs is 1. The average molecular weight is 341 g/mol. The minimum absolute atomic E-state index is 0.278. The van der Waals surface area contributed by atoms with Crippen LogP contribution in [0.3, 0.4) is 0 Å². The third-order valence-electron chi connectivity index (χ3n) is 4.15. The Morgan fingerprint density at radius 2 is 1.96 bits per heavy atom. The van der Waals surface area contributed by atoms with Gasteiger partial charge in [0.2, 0.25) is 0 Å². The fraction of sp³-hybridized carbons (Fsp3) is 0.263. The molecular weight excluding hydrogens is 321 g/mol. The SMILES string of the molecule is CC(C)(O)C(Cc1ccc(F)cc1)NC(=O)c1ccc2[nH]ccc2n1. The van der Waals surface area contributed by atoms with Gasteiger partial charge < -0.3 is 15.4 Å². The fourth-order valence-corrected chi connectivity index (χ4v) is 2.63.